The summed E-state index contributed by atoms with van der Waals surface area (Å²) in [6.07, 6.45) is 12.3. The molecule has 1 aromatic heterocycles. The molecule has 300 valence electrons. The summed E-state index contributed by atoms with van der Waals surface area (Å²) >= 11 is 0. The minimum absolute atomic E-state index is 0. The number of aromatic nitrogens is 2. The van der Waals surface area contributed by atoms with Gasteiger partial charge in [0, 0.05) is 25.0 Å². The molecule has 3 atom stereocenters. The molecule has 3 aliphatic rings. The molecule has 2 aliphatic carbocycles. The van der Waals surface area contributed by atoms with Crippen LogP contribution in [0.1, 0.15) is 97.1 Å². The van der Waals surface area contributed by atoms with E-state index in [0.717, 1.165) is 42.7 Å². The molecule has 0 radical (unpaired) electrons. The first kappa shape index (κ1) is 47.8. The molecule has 1 aromatic carbocycles. The van der Waals surface area contributed by atoms with Crippen LogP contribution in [-0.2, 0) is 35.6 Å². The van der Waals surface area contributed by atoms with E-state index in [9.17, 15) is 32.4 Å². The predicted molar refractivity (Wildman–Crippen MR) is 206 cm³/mol. The SMILES string of the molecule is C=CCC(NC(=O)C1CCCN1C(=O)C(NC=O)C(C)(C)C)C(=O)[N-]S(=O)(=O)C1CC1.CO.COc1ccc2nc(CCCCCC3CC3)c(=O)[nH]c2c1.[Na+]. The van der Waals surface area contributed by atoms with Crippen LogP contribution in [0.15, 0.2) is 35.6 Å². The molecule has 1 aliphatic heterocycles. The third-order valence-corrected chi connectivity index (χ3v) is 11.3. The average molecular weight is 797 g/mol. The van der Waals surface area contributed by atoms with Crippen molar-refractivity contribution in [3.63, 3.8) is 0 Å². The molecular weight excluding hydrogens is 740 g/mol. The van der Waals surface area contributed by atoms with Gasteiger partial charge in [-0.05, 0) is 68.4 Å². The van der Waals surface area contributed by atoms with Crippen LogP contribution in [0.4, 0.5) is 0 Å². The zero-order valence-electron chi connectivity index (χ0n) is 33.1. The number of amides is 4. The van der Waals surface area contributed by atoms with Crippen LogP contribution in [0.25, 0.3) is 15.8 Å². The van der Waals surface area contributed by atoms with E-state index in [1.807, 2.05) is 18.2 Å². The Kier molecular flexibility index (Phi) is 19.5. The molecule has 0 bridgehead atoms. The maximum atomic E-state index is 13.1. The second kappa shape index (κ2) is 22.4. The number of aliphatic hydroxyl groups excluding tert-OH is 1. The summed E-state index contributed by atoms with van der Waals surface area (Å²) < 4.78 is 32.5. The summed E-state index contributed by atoms with van der Waals surface area (Å²) in [6.45, 7) is 9.29. The van der Waals surface area contributed by atoms with E-state index < -0.39 is 50.6 Å². The number of H-pyrrole nitrogens is 1. The topological polar surface area (TPSA) is 219 Å². The number of aromatic amines is 1. The number of nitrogens with zero attached hydrogens (tertiary/aromatic N) is 3. The Morgan fingerprint density at radius 3 is 2.40 bits per heavy atom. The fourth-order valence-electron chi connectivity index (χ4n) is 6.22. The minimum Gasteiger partial charge on any atom is -0.544 e. The molecule has 4 N–H and O–H groups in total. The van der Waals surface area contributed by atoms with Crippen LogP contribution in [0.2, 0.25) is 0 Å². The molecular formula is C38H57N6NaO9S. The minimum atomic E-state index is -3.88. The van der Waals surface area contributed by atoms with Crippen LogP contribution in [0, 0.1) is 11.3 Å². The number of hydrogen-bond acceptors (Lipinski definition) is 10. The fraction of sp³-hybridized carbons (Fsp3) is 0.632. The van der Waals surface area contributed by atoms with E-state index in [2.05, 4.69) is 31.9 Å². The summed E-state index contributed by atoms with van der Waals surface area (Å²) in [5.41, 5.74) is 1.57. The van der Waals surface area contributed by atoms with Crippen molar-refractivity contribution in [2.75, 3.05) is 20.8 Å². The van der Waals surface area contributed by atoms with E-state index in [4.69, 9.17) is 9.84 Å². The smallest absolute Gasteiger partial charge is 0.544 e. The van der Waals surface area contributed by atoms with E-state index >= 15 is 0 Å². The molecule has 17 heteroatoms. The maximum absolute atomic E-state index is 13.1. The van der Waals surface area contributed by atoms with Crippen molar-refractivity contribution in [2.45, 2.75) is 121 Å². The zero-order chi connectivity index (χ0) is 40.1. The summed E-state index contributed by atoms with van der Waals surface area (Å²) in [7, 11) is -1.26. The number of unbranched alkanes of at least 4 members (excludes halogenated alkanes) is 2. The normalized spacial score (nSPS) is 17.5. The van der Waals surface area contributed by atoms with Gasteiger partial charge in [0.2, 0.25) is 18.2 Å². The van der Waals surface area contributed by atoms with Crippen LogP contribution < -0.4 is 50.5 Å². The third kappa shape index (κ3) is 14.6. The van der Waals surface area contributed by atoms with Gasteiger partial charge in [-0.1, -0.05) is 59.0 Å². The first-order valence-electron chi connectivity index (χ1n) is 18.6. The molecule has 5 rings (SSSR count). The van der Waals surface area contributed by atoms with Gasteiger partial charge in [0.15, 0.2) is 0 Å². The van der Waals surface area contributed by atoms with Crippen molar-refractivity contribution in [3.8, 4) is 5.75 Å². The third-order valence-electron chi connectivity index (χ3n) is 9.56. The molecule has 55 heavy (non-hydrogen) atoms. The predicted octanol–water partition coefficient (Wildman–Crippen LogP) is 0.649. The number of hydrogen-bond donors (Lipinski definition) is 4. The molecule has 0 spiro atoms. The Labute approximate surface area is 346 Å². The van der Waals surface area contributed by atoms with Gasteiger partial charge in [-0.2, -0.15) is 0 Å². The van der Waals surface area contributed by atoms with Crippen molar-refractivity contribution in [2.24, 2.45) is 11.3 Å². The Balaban J connectivity index is 0.000000379. The molecule has 3 unspecified atom stereocenters. The Morgan fingerprint density at radius 2 is 1.82 bits per heavy atom. The molecule has 3 fully saturated rings. The molecule has 2 saturated carbocycles. The summed E-state index contributed by atoms with van der Waals surface area (Å²) in [6, 6.07) is 2.74. The van der Waals surface area contributed by atoms with Gasteiger partial charge in [-0.15, -0.1) is 6.58 Å². The van der Waals surface area contributed by atoms with E-state index in [0.29, 0.717) is 44.3 Å². The Bertz CT molecular complexity index is 1770. The van der Waals surface area contributed by atoms with E-state index in [1.54, 1.807) is 27.9 Å². The zero-order valence-corrected chi connectivity index (χ0v) is 36.0. The molecule has 2 heterocycles. The van der Waals surface area contributed by atoms with E-state index in [1.165, 1.54) is 43.1 Å². The second-order valence-electron chi connectivity index (χ2n) is 14.9. The number of likely N-dealkylation sites (tertiary alicyclic amines) is 1. The number of carbonyl (C=O) groups is 4. The molecule has 15 nitrogen and oxygen atoms in total. The van der Waals surface area contributed by atoms with Crippen molar-refractivity contribution >= 4 is 45.2 Å². The Hall–Kier alpha value is -3.31. The van der Waals surface area contributed by atoms with Crippen LogP contribution in [-0.4, -0.2) is 96.7 Å². The van der Waals surface area contributed by atoms with Crippen molar-refractivity contribution in [1.29, 1.82) is 0 Å². The monoisotopic (exact) mass is 796 g/mol. The van der Waals surface area contributed by atoms with Crippen molar-refractivity contribution in [3.05, 3.63) is 51.6 Å². The van der Waals surface area contributed by atoms with Crippen LogP contribution in [0.3, 0.4) is 0 Å². The number of nitrogens with one attached hydrogen (secondary N) is 3. The van der Waals surface area contributed by atoms with Crippen LogP contribution in [0.5, 0.6) is 5.75 Å². The number of ether oxygens (including phenoxy) is 1. The number of aliphatic hydroxyl groups is 1. The van der Waals surface area contributed by atoms with Gasteiger partial charge in [0.25, 0.3) is 5.56 Å². The number of rotatable bonds is 17. The van der Waals surface area contributed by atoms with Gasteiger partial charge in [0.05, 0.1) is 40.1 Å². The number of aryl methyl sites for hydroxylation is 1. The summed E-state index contributed by atoms with van der Waals surface area (Å²) in [4.78, 5) is 70.3. The van der Waals surface area contributed by atoms with Gasteiger partial charge >= 0.3 is 29.6 Å². The van der Waals surface area contributed by atoms with Gasteiger partial charge in [-0.3, -0.25) is 19.2 Å². The molecule has 1 saturated heterocycles. The quantitative estimate of drug-likeness (QED) is 0.0758. The fourth-order valence-corrected chi connectivity index (χ4v) is 7.48. The number of carbonyl (C=O) groups excluding carboxylic acids is 4. The van der Waals surface area contributed by atoms with Gasteiger partial charge < -0.3 is 39.9 Å². The number of fused-ring (bicyclic) bond motifs is 1. The Morgan fingerprint density at radius 1 is 1.13 bits per heavy atom. The first-order valence-corrected chi connectivity index (χ1v) is 20.1. The van der Waals surface area contributed by atoms with E-state index in [-0.39, 0.29) is 47.4 Å². The number of benzene rings is 1. The average Bonchev–Trinajstić information content (AvgIpc) is 4.08. The standard InChI is InChI=1S/C20H32N4O6S.C17H22N2O2.CH4O.Na/c1-5-7-14(17(26)23-31(29,30)13-9-10-13)22-18(27)15-8-6-11-24(15)19(28)16(21-12-25)20(2,3)4;1-21-13-9-10-14-16(11-13)19-17(20)15(18-14)6-4-2-3-5-12-7-8-12;1-2;/h5,12-16H,1,6-11H2,2-4H3,(H3,21,22,23,25,26,27);9-12H,2-8H2,1H3,(H,19,20);2H,1H3;/q;;;+1/p-1. The second-order valence-corrected chi connectivity index (χ2v) is 16.8. The van der Waals surface area contributed by atoms with Crippen LogP contribution >= 0.6 is 0 Å². The number of methoxy groups -OCH3 is 1. The van der Waals surface area contributed by atoms with Gasteiger partial charge in [-0.25, -0.2) is 13.4 Å². The van der Waals surface area contributed by atoms with Gasteiger partial charge in [0.1, 0.15) is 23.5 Å². The largest absolute Gasteiger partial charge is 1.00 e. The van der Waals surface area contributed by atoms with Crippen molar-refractivity contribution in [1.82, 2.24) is 25.5 Å². The number of sulfonamides is 1. The van der Waals surface area contributed by atoms with Crippen molar-refractivity contribution < 1.29 is 67.0 Å². The summed E-state index contributed by atoms with van der Waals surface area (Å²) in [5, 5.41) is 11.4. The summed E-state index contributed by atoms with van der Waals surface area (Å²) in [5.74, 6) is -0.171. The first-order chi connectivity index (χ1) is 25.7. The molecule has 4 amide bonds. The molecule has 2 aromatic rings. The maximum Gasteiger partial charge on any atom is 1.00 e.